The van der Waals surface area contributed by atoms with Gasteiger partial charge in [0.2, 0.25) is 0 Å². The van der Waals surface area contributed by atoms with E-state index in [1.54, 1.807) is 0 Å². The Bertz CT molecular complexity index is 688. The lowest BCUT2D eigenvalue weighted by molar-refractivity contribution is -0.148. The topological polar surface area (TPSA) is 139 Å². The van der Waals surface area contributed by atoms with Gasteiger partial charge in [0.25, 0.3) is 20.2 Å². The highest BCUT2D eigenvalue weighted by molar-refractivity contribution is 8.03. The summed E-state index contributed by atoms with van der Waals surface area (Å²) in [6.45, 7) is 5.88. The van der Waals surface area contributed by atoms with Gasteiger partial charge in [-0.25, -0.2) is 9.59 Å². The lowest BCUT2D eigenvalue weighted by Crippen LogP contribution is -2.46. The normalized spacial score (nSPS) is 17.5. The molecule has 3 atom stereocenters. The Kier molecular flexibility index (Phi) is 8.77. The molecule has 3 unspecified atom stereocenters. The second kappa shape index (κ2) is 9.07. The van der Waals surface area contributed by atoms with Gasteiger partial charge < -0.3 is 9.47 Å². The zero-order chi connectivity index (χ0) is 21.8. The molecule has 0 saturated carbocycles. The molecule has 0 aromatic rings. The van der Waals surface area contributed by atoms with Crippen molar-refractivity contribution in [3.05, 3.63) is 0 Å². The molecule has 0 aliphatic rings. The first-order chi connectivity index (χ1) is 11.9. The van der Waals surface area contributed by atoms with Crippen molar-refractivity contribution in [2.75, 3.05) is 14.2 Å². The van der Waals surface area contributed by atoms with Gasteiger partial charge in [-0.3, -0.25) is 8.37 Å². The molecule has 0 rings (SSSR count). The van der Waals surface area contributed by atoms with Crippen molar-refractivity contribution in [3.8, 4) is 0 Å². The fourth-order valence-corrected chi connectivity index (χ4v) is 5.10. The molecule has 0 aromatic carbocycles. The molecule has 10 nitrogen and oxygen atoms in total. The summed E-state index contributed by atoms with van der Waals surface area (Å²) in [5.74, 6) is -1.84. The predicted octanol–water partition coefficient (Wildman–Crippen LogP) is 0.617. The SMILES string of the molecule is COC(=O)C(C)OS(=O)(=O)C(C)(C)CC(C)(S)S(=O)(=O)OC(C)C(=O)OC. The molecule has 27 heavy (non-hydrogen) atoms. The Morgan fingerprint density at radius 3 is 1.52 bits per heavy atom. The number of ether oxygens (including phenoxy) is 2. The van der Waals surface area contributed by atoms with E-state index in [2.05, 4.69) is 22.1 Å². The van der Waals surface area contributed by atoms with Crippen LogP contribution in [0.4, 0.5) is 0 Å². The van der Waals surface area contributed by atoms with Gasteiger partial charge in [0.1, 0.15) is 4.08 Å². The van der Waals surface area contributed by atoms with E-state index in [0.717, 1.165) is 28.1 Å². The van der Waals surface area contributed by atoms with Gasteiger partial charge in [0.15, 0.2) is 12.2 Å². The highest BCUT2D eigenvalue weighted by Gasteiger charge is 2.49. The minimum Gasteiger partial charge on any atom is -0.467 e. The van der Waals surface area contributed by atoms with E-state index in [1.807, 2.05) is 0 Å². The van der Waals surface area contributed by atoms with Gasteiger partial charge >= 0.3 is 11.9 Å². The van der Waals surface area contributed by atoms with E-state index >= 15 is 0 Å². The number of esters is 2. The summed E-state index contributed by atoms with van der Waals surface area (Å²) in [6, 6.07) is 0. The number of thiol groups is 1. The fraction of sp³-hybridized carbons (Fsp3) is 0.857. The van der Waals surface area contributed by atoms with Crippen LogP contribution in [0.15, 0.2) is 0 Å². The summed E-state index contributed by atoms with van der Waals surface area (Å²) < 4.78 is 64.4. The molecule has 0 saturated heterocycles. The molecule has 13 heteroatoms. The maximum atomic E-state index is 12.5. The van der Waals surface area contributed by atoms with Crippen molar-refractivity contribution < 1.29 is 44.3 Å². The van der Waals surface area contributed by atoms with Crippen LogP contribution in [0.5, 0.6) is 0 Å². The second-order valence-corrected chi connectivity index (χ2v) is 12.0. The molecule has 0 heterocycles. The first kappa shape index (κ1) is 26.1. The van der Waals surface area contributed by atoms with E-state index in [9.17, 15) is 26.4 Å². The molecule has 0 spiro atoms. The fourth-order valence-electron chi connectivity index (χ4n) is 1.99. The minimum absolute atomic E-state index is 0.574. The quantitative estimate of drug-likeness (QED) is 0.286. The Morgan fingerprint density at radius 1 is 0.852 bits per heavy atom. The highest BCUT2D eigenvalue weighted by Crippen LogP contribution is 2.37. The standard InChI is InChI=1S/C14H26O10S3/c1-9(11(15)21-6)23-26(17,18)13(3,4)8-14(5,25)27(19,20)24-10(2)12(16)22-7/h9-10,25H,8H2,1-7H3. The number of carbonyl (C=O) groups is 2. The number of carbonyl (C=O) groups excluding carboxylic acids is 2. The molecule has 160 valence electrons. The van der Waals surface area contributed by atoms with Crippen LogP contribution in [-0.2, 0) is 47.7 Å². The second-order valence-electron chi connectivity index (χ2n) is 6.54. The molecule has 0 fully saturated rings. The summed E-state index contributed by atoms with van der Waals surface area (Å²) in [4.78, 5) is 22.8. The van der Waals surface area contributed by atoms with Crippen molar-refractivity contribution in [2.45, 2.75) is 62.1 Å². The van der Waals surface area contributed by atoms with Crippen LogP contribution in [0.25, 0.3) is 0 Å². The van der Waals surface area contributed by atoms with E-state index < -0.39 is 59.6 Å². The van der Waals surface area contributed by atoms with E-state index in [0.29, 0.717) is 0 Å². The van der Waals surface area contributed by atoms with Gasteiger partial charge in [-0.1, -0.05) is 0 Å². The molecule has 0 amide bonds. The van der Waals surface area contributed by atoms with Crippen molar-refractivity contribution in [1.82, 2.24) is 0 Å². The summed E-state index contributed by atoms with van der Waals surface area (Å²) in [5.41, 5.74) is 0. The zero-order valence-electron chi connectivity index (χ0n) is 16.2. The smallest absolute Gasteiger partial charge is 0.336 e. The lowest BCUT2D eigenvalue weighted by Gasteiger charge is -2.33. The van der Waals surface area contributed by atoms with E-state index in [1.165, 1.54) is 20.8 Å². The molecule has 0 N–H and O–H groups in total. The molecular weight excluding hydrogens is 424 g/mol. The first-order valence-electron chi connectivity index (χ1n) is 7.68. The van der Waals surface area contributed by atoms with Crippen LogP contribution < -0.4 is 0 Å². The van der Waals surface area contributed by atoms with Gasteiger partial charge in [0.05, 0.1) is 19.0 Å². The monoisotopic (exact) mass is 450 g/mol. The average molecular weight is 451 g/mol. The molecule has 0 aliphatic carbocycles. The molecule has 0 aromatic heterocycles. The van der Waals surface area contributed by atoms with Gasteiger partial charge in [-0.15, -0.1) is 0 Å². The van der Waals surface area contributed by atoms with Crippen molar-refractivity contribution in [3.63, 3.8) is 0 Å². The summed E-state index contributed by atoms with van der Waals surface area (Å²) >= 11 is 4.04. The van der Waals surface area contributed by atoms with Gasteiger partial charge in [0, 0.05) is 0 Å². The van der Waals surface area contributed by atoms with Crippen molar-refractivity contribution in [1.29, 1.82) is 0 Å². The summed E-state index contributed by atoms with van der Waals surface area (Å²) in [7, 11) is -6.80. The molecule has 0 aliphatic heterocycles. The lowest BCUT2D eigenvalue weighted by atomic mass is 10.1. The average Bonchev–Trinajstić information content (AvgIpc) is 2.50. The first-order valence-corrected chi connectivity index (χ1v) is 10.9. The Labute approximate surface area is 165 Å². The van der Waals surface area contributed by atoms with E-state index in [4.69, 9.17) is 8.37 Å². The van der Waals surface area contributed by atoms with Gasteiger partial charge in [-0.05, 0) is 41.0 Å². The third-order valence-electron chi connectivity index (χ3n) is 3.58. The highest BCUT2D eigenvalue weighted by atomic mass is 32.3. The molecule has 0 bridgehead atoms. The third-order valence-corrected chi connectivity index (χ3v) is 8.21. The van der Waals surface area contributed by atoms with Crippen molar-refractivity contribution in [2.24, 2.45) is 0 Å². The number of hydrogen-bond donors (Lipinski definition) is 1. The third kappa shape index (κ3) is 6.59. The molecular formula is C14H26O10S3. The maximum Gasteiger partial charge on any atom is 0.336 e. The Balaban J connectivity index is 5.55. The Morgan fingerprint density at radius 2 is 1.19 bits per heavy atom. The minimum atomic E-state index is -4.51. The van der Waals surface area contributed by atoms with E-state index in [-0.39, 0.29) is 0 Å². The summed E-state index contributed by atoms with van der Waals surface area (Å²) in [5, 5.41) is 0. The van der Waals surface area contributed by atoms with Crippen LogP contribution in [0.1, 0.15) is 41.0 Å². The van der Waals surface area contributed by atoms with Crippen LogP contribution in [0, 0.1) is 0 Å². The maximum absolute atomic E-state index is 12.5. The van der Waals surface area contributed by atoms with Crippen LogP contribution in [0.3, 0.4) is 0 Å². The largest absolute Gasteiger partial charge is 0.467 e. The van der Waals surface area contributed by atoms with Crippen LogP contribution in [0.2, 0.25) is 0 Å². The molecule has 0 radical (unpaired) electrons. The van der Waals surface area contributed by atoms with Gasteiger partial charge in [-0.2, -0.15) is 29.5 Å². The number of rotatable bonds is 10. The Hall–Kier alpha value is -0.890. The van der Waals surface area contributed by atoms with Crippen LogP contribution >= 0.6 is 12.6 Å². The van der Waals surface area contributed by atoms with Crippen LogP contribution in [-0.4, -0.2) is 64.0 Å². The zero-order valence-corrected chi connectivity index (χ0v) is 18.7. The predicted molar refractivity (Wildman–Crippen MR) is 99.1 cm³/mol. The number of methoxy groups -OCH3 is 2. The van der Waals surface area contributed by atoms with Crippen molar-refractivity contribution >= 4 is 44.8 Å². The summed E-state index contributed by atoms with van der Waals surface area (Å²) in [6.07, 6.45) is -3.44. The number of hydrogen-bond acceptors (Lipinski definition) is 11.